The second-order valence-corrected chi connectivity index (χ2v) is 9.42. The maximum atomic E-state index is 13.9. The minimum Gasteiger partial charge on any atom is -0.493 e. The molecule has 0 aromatic heterocycles. The van der Waals surface area contributed by atoms with Gasteiger partial charge in [0.1, 0.15) is 5.92 Å². The SMILES string of the molecule is COc1cccc2c1O[C@]1(C)[C@H](C(=O)Nc3ccc(C)cc3C)[C@@H]2NC(=O)N1c1ccc(C)cc1. The first-order valence-electron chi connectivity index (χ1n) is 11.6. The number of rotatable bonds is 4. The van der Waals surface area contributed by atoms with Crippen LogP contribution in [0.25, 0.3) is 0 Å². The highest BCUT2D eigenvalue weighted by Crippen LogP contribution is 2.52. The van der Waals surface area contributed by atoms with E-state index in [2.05, 4.69) is 10.6 Å². The molecule has 2 heterocycles. The quantitative estimate of drug-likeness (QED) is 0.544. The van der Waals surface area contributed by atoms with Crippen LogP contribution in [0.15, 0.2) is 60.7 Å². The summed E-state index contributed by atoms with van der Waals surface area (Å²) in [5.74, 6) is 0.0824. The highest BCUT2D eigenvalue weighted by molar-refractivity contribution is 6.01. The van der Waals surface area contributed by atoms with Crippen LogP contribution in [-0.2, 0) is 4.79 Å². The van der Waals surface area contributed by atoms with Crippen molar-refractivity contribution in [3.05, 3.63) is 82.9 Å². The van der Waals surface area contributed by atoms with E-state index in [1.54, 1.807) is 14.0 Å². The summed E-state index contributed by atoms with van der Waals surface area (Å²) in [7, 11) is 1.58. The van der Waals surface area contributed by atoms with Gasteiger partial charge in [-0.15, -0.1) is 0 Å². The first kappa shape index (κ1) is 22.8. The van der Waals surface area contributed by atoms with Crippen LogP contribution >= 0.6 is 0 Å². The molecule has 180 valence electrons. The summed E-state index contributed by atoms with van der Waals surface area (Å²) in [4.78, 5) is 28.9. The minimum atomic E-state index is -1.31. The molecule has 2 bridgehead atoms. The monoisotopic (exact) mass is 471 g/mol. The number of anilines is 2. The van der Waals surface area contributed by atoms with E-state index in [1.165, 1.54) is 4.90 Å². The number of urea groups is 1. The van der Waals surface area contributed by atoms with Gasteiger partial charge in [-0.2, -0.15) is 0 Å². The number of fused-ring (bicyclic) bond motifs is 4. The van der Waals surface area contributed by atoms with E-state index >= 15 is 0 Å². The lowest BCUT2D eigenvalue weighted by Gasteiger charge is -2.54. The van der Waals surface area contributed by atoms with Gasteiger partial charge in [0, 0.05) is 16.9 Å². The number of ether oxygens (including phenoxy) is 2. The fourth-order valence-corrected chi connectivity index (χ4v) is 5.18. The zero-order valence-electron chi connectivity index (χ0n) is 20.5. The van der Waals surface area contributed by atoms with Crippen LogP contribution in [0.1, 0.15) is 35.2 Å². The molecule has 2 N–H and O–H groups in total. The third-order valence-corrected chi connectivity index (χ3v) is 6.92. The molecule has 5 rings (SSSR count). The van der Waals surface area contributed by atoms with Gasteiger partial charge in [-0.1, -0.05) is 47.5 Å². The lowest BCUT2D eigenvalue weighted by atomic mass is 9.78. The molecule has 3 atom stereocenters. The number of amides is 3. The maximum absolute atomic E-state index is 13.9. The van der Waals surface area contributed by atoms with Crippen LogP contribution in [0.2, 0.25) is 0 Å². The molecule has 0 radical (unpaired) electrons. The number of benzene rings is 3. The van der Waals surface area contributed by atoms with Gasteiger partial charge < -0.3 is 20.1 Å². The summed E-state index contributed by atoms with van der Waals surface area (Å²) in [6.45, 7) is 7.75. The van der Waals surface area contributed by atoms with Crippen LogP contribution in [0.5, 0.6) is 11.5 Å². The molecule has 0 aliphatic carbocycles. The number of nitrogens with one attached hydrogen (secondary N) is 2. The Morgan fingerprint density at radius 3 is 2.46 bits per heavy atom. The Morgan fingerprint density at radius 2 is 1.77 bits per heavy atom. The van der Waals surface area contributed by atoms with Crippen LogP contribution in [-0.4, -0.2) is 24.8 Å². The van der Waals surface area contributed by atoms with E-state index in [-0.39, 0.29) is 11.9 Å². The van der Waals surface area contributed by atoms with E-state index in [9.17, 15) is 9.59 Å². The maximum Gasteiger partial charge on any atom is 0.325 e. The average Bonchev–Trinajstić information content (AvgIpc) is 2.81. The highest BCUT2D eigenvalue weighted by atomic mass is 16.5. The first-order chi connectivity index (χ1) is 16.7. The topological polar surface area (TPSA) is 79.9 Å². The Hall–Kier alpha value is -4.00. The van der Waals surface area contributed by atoms with Gasteiger partial charge in [0.05, 0.1) is 13.2 Å². The Balaban J connectivity index is 1.64. The summed E-state index contributed by atoms with van der Waals surface area (Å²) in [5, 5.41) is 6.16. The molecule has 3 amide bonds. The van der Waals surface area contributed by atoms with E-state index in [0.29, 0.717) is 22.7 Å². The van der Waals surface area contributed by atoms with Crippen molar-refractivity contribution in [1.82, 2.24) is 5.32 Å². The summed E-state index contributed by atoms with van der Waals surface area (Å²) >= 11 is 0. The Kier molecular flexibility index (Phi) is 5.43. The lowest BCUT2D eigenvalue weighted by Crippen LogP contribution is -2.72. The number of carbonyl (C=O) groups excluding carboxylic acids is 2. The Labute approximate surface area is 205 Å². The number of nitrogens with zero attached hydrogens (tertiary/aromatic N) is 1. The zero-order valence-corrected chi connectivity index (χ0v) is 20.5. The van der Waals surface area contributed by atoms with Gasteiger partial charge in [-0.05, 0) is 57.5 Å². The third kappa shape index (κ3) is 3.67. The number of aryl methyl sites for hydroxylation is 3. The van der Waals surface area contributed by atoms with Gasteiger partial charge >= 0.3 is 6.03 Å². The molecule has 3 aromatic rings. The minimum absolute atomic E-state index is 0.241. The van der Waals surface area contributed by atoms with Crippen molar-refractivity contribution in [3.8, 4) is 11.5 Å². The fraction of sp³-hybridized carbons (Fsp3) is 0.286. The molecular formula is C28H29N3O4. The molecule has 7 heteroatoms. The van der Waals surface area contributed by atoms with Gasteiger partial charge in [-0.3, -0.25) is 9.69 Å². The molecule has 0 saturated carbocycles. The largest absolute Gasteiger partial charge is 0.493 e. The summed E-state index contributed by atoms with van der Waals surface area (Å²) in [6.07, 6.45) is 0. The number of hydrogen-bond acceptors (Lipinski definition) is 4. The van der Waals surface area contributed by atoms with E-state index < -0.39 is 17.7 Å². The van der Waals surface area contributed by atoms with Gasteiger partial charge in [0.25, 0.3) is 0 Å². The van der Waals surface area contributed by atoms with E-state index in [4.69, 9.17) is 9.47 Å². The molecule has 2 aliphatic rings. The number of carbonyl (C=O) groups is 2. The standard InChI is InChI=1S/C28H29N3O4/c1-16-9-12-19(13-10-16)31-27(33)30-24-20-7-6-8-22(34-5)25(20)35-28(31,4)23(24)26(32)29-21-14-11-17(2)15-18(21)3/h6-15,23-24H,1-5H3,(H,29,32)(H,30,33)/t23-,24+,28+/m0/s1. The fourth-order valence-electron chi connectivity index (χ4n) is 5.18. The second kappa shape index (κ2) is 8.34. The molecule has 1 fully saturated rings. The number of methoxy groups -OCH3 is 1. The molecule has 1 saturated heterocycles. The van der Waals surface area contributed by atoms with E-state index in [1.807, 2.05) is 81.4 Å². The van der Waals surface area contributed by atoms with Crippen LogP contribution in [0.3, 0.4) is 0 Å². The second-order valence-electron chi connectivity index (χ2n) is 9.42. The van der Waals surface area contributed by atoms with Crippen molar-refractivity contribution in [2.24, 2.45) is 5.92 Å². The van der Waals surface area contributed by atoms with Crippen LogP contribution < -0.4 is 25.0 Å². The van der Waals surface area contributed by atoms with E-state index in [0.717, 1.165) is 22.4 Å². The molecule has 7 nitrogen and oxygen atoms in total. The van der Waals surface area contributed by atoms with Crippen LogP contribution in [0.4, 0.5) is 16.2 Å². The van der Waals surface area contributed by atoms with Crippen molar-refractivity contribution < 1.29 is 19.1 Å². The lowest BCUT2D eigenvalue weighted by molar-refractivity contribution is -0.131. The van der Waals surface area contributed by atoms with Crippen molar-refractivity contribution in [2.75, 3.05) is 17.3 Å². The third-order valence-electron chi connectivity index (χ3n) is 6.92. The van der Waals surface area contributed by atoms with Crippen molar-refractivity contribution in [2.45, 2.75) is 39.5 Å². The molecule has 35 heavy (non-hydrogen) atoms. The summed E-state index contributed by atoms with van der Waals surface area (Å²) in [6, 6.07) is 18.1. The van der Waals surface area contributed by atoms with Gasteiger partial charge in [-0.25, -0.2) is 4.79 Å². The predicted octanol–water partition coefficient (Wildman–Crippen LogP) is 5.25. The van der Waals surface area contributed by atoms with Crippen molar-refractivity contribution >= 4 is 23.3 Å². The summed E-state index contributed by atoms with van der Waals surface area (Å²) < 4.78 is 12.1. The normalized spacial score (nSPS) is 22.5. The summed E-state index contributed by atoms with van der Waals surface area (Å²) in [5.41, 5.74) is 3.90. The molecular weight excluding hydrogens is 442 g/mol. The highest BCUT2D eigenvalue weighted by Gasteiger charge is 2.60. The van der Waals surface area contributed by atoms with Gasteiger partial charge in [0.15, 0.2) is 11.5 Å². The number of para-hydroxylation sites is 1. The number of hydrogen-bond donors (Lipinski definition) is 2. The predicted molar refractivity (Wildman–Crippen MR) is 135 cm³/mol. The Bertz CT molecular complexity index is 1320. The average molecular weight is 472 g/mol. The molecule has 0 spiro atoms. The van der Waals surface area contributed by atoms with Crippen LogP contribution in [0, 0.1) is 26.7 Å². The van der Waals surface area contributed by atoms with Crippen molar-refractivity contribution in [3.63, 3.8) is 0 Å². The van der Waals surface area contributed by atoms with Gasteiger partial charge in [0.2, 0.25) is 11.6 Å². The first-order valence-corrected chi connectivity index (χ1v) is 11.6. The molecule has 3 aromatic carbocycles. The molecule has 0 unspecified atom stereocenters. The van der Waals surface area contributed by atoms with Crippen molar-refractivity contribution in [1.29, 1.82) is 0 Å². The zero-order chi connectivity index (χ0) is 24.9. The smallest absolute Gasteiger partial charge is 0.325 e. The Morgan fingerprint density at radius 1 is 1.06 bits per heavy atom. The molecule has 2 aliphatic heterocycles.